The summed E-state index contributed by atoms with van der Waals surface area (Å²) in [6.45, 7) is 0.694. The second-order valence-electron chi connectivity index (χ2n) is 1.52. The van der Waals surface area contributed by atoms with Crippen LogP contribution in [0.5, 0.6) is 0 Å². The van der Waals surface area contributed by atoms with Crippen molar-refractivity contribution in [2.75, 3.05) is 12.7 Å². The minimum absolute atomic E-state index is 0.522. The van der Waals surface area contributed by atoms with E-state index in [1.54, 1.807) is 6.21 Å². The Hall–Kier alpha value is -0.500. The Morgan fingerprint density at radius 2 is 2.62 bits per heavy atom. The van der Waals surface area contributed by atoms with Crippen LogP contribution in [0.4, 0.5) is 0 Å². The fourth-order valence-corrected chi connectivity index (χ4v) is 0.653. The monoisotopic (exact) mass is 130 g/mol. The number of halogens is 1. The molecule has 0 amide bonds. The molecule has 1 rings (SSSR count). The van der Waals surface area contributed by atoms with E-state index < -0.39 is 0 Å². The lowest BCUT2D eigenvalue weighted by molar-refractivity contribution is 0.448. The zero-order chi connectivity index (χ0) is 5.82. The normalized spacial score (nSPS) is 17.4. The Morgan fingerprint density at radius 1 is 1.75 bits per heavy atom. The van der Waals surface area contributed by atoms with Crippen LogP contribution in [0.3, 0.4) is 0 Å². The van der Waals surface area contributed by atoms with Gasteiger partial charge < -0.3 is 4.90 Å². The fraction of sp³-hybridized carbons (Fsp3) is 0.400. The first-order chi connectivity index (χ1) is 3.93. The minimum Gasteiger partial charge on any atom is -0.345 e. The Morgan fingerprint density at radius 3 is 3.00 bits per heavy atom. The third kappa shape index (κ3) is 1.23. The van der Waals surface area contributed by atoms with Crippen LogP contribution >= 0.6 is 11.6 Å². The summed E-state index contributed by atoms with van der Waals surface area (Å²) in [5.41, 5.74) is 0. The summed E-state index contributed by atoms with van der Waals surface area (Å²) >= 11 is 5.48. The van der Waals surface area contributed by atoms with Crippen LogP contribution in [0.1, 0.15) is 0 Å². The number of rotatable bonds is 1. The molecule has 1 aliphatic heterocycles. The molecule has 0 N–H and O–H groups in total. The van der Waals surface area contributed by atoms with E-state index in [0.29, 0.717) is 12.7 Å². The quantitative estimate of drug-likeness (QED) is 0.383. The van der Waals surface area contributed by atoms with Crippen molar-refractivity contribution in [3.63, 3.8) is 0 Å². The maximum Gasteiger partial charge on any atom is 0.110 e. The maximum atomic E-state index is 5.48. The maximum absolute atomic E-state index is 5.48. The minimum atomic E-state index is 0.522. The molecule has 0 aromatic carbocycles. The Balaban J connectivity index is 2.40. The number of aliphatic imine (C=N–C) groups is 1. The highest BCUT2D eigenvalue weighted by Gasteiger charge is 1.93. The van der Waals surface area contributed by atoms with Crippen LogP contribution in [0.2, 0.25) is 0 Å². The summed E-state index contributed by atoms with van der Waals surface area (Å²) in [4.78, 5) is 5.86. The highest BCUT2D eigenvalue weighted by molar-refractivity contribution is 6.17. The molecule has 0 aromatic heterocycles. The summed E-state index contributed by atoms with van der Waals surface area (Å²) in [6.07, 6.45) is 5.55. The molecule has 0 unspecified atom stereocenters. The zero-order valence-corrected chi connectivity index (χ0v) is 5.17. The van der Waals surface area contributed by atoms with Gasteiger partial charge in [-0.3, -0.25) is 4.99 Å². The second kappa shape index (κ2) is 2.72. The molecule has 2 nitrogen and oxygen atoms in total. The van der Waals surface area contributed by atoms with Gasteiger partial charge in [-0.05, 0) is 6.08 Å². The molecule has 0 bridgehead atoms. The Bertz CT molecular complexity index is 120. The first-order valence-electron chi connectivity index (χ1n) is 2.40. The molecule has 3 heteroatoms. The van der Waals surface area contributed by atoms with Gasteiger partial charge in [0.05, 0.1) is 6.00 Å². The van der Waals surface area contributed by atoms with Crippen LogP contribution < -0.4 is 0 Å². The van der Waals surface area contributed by atoms with Crippen molar-refractivity contribution in [2.45, 2.75) is 0 Å². The van der Waals surface area contributed by atoms with Gasteiger partial charge in [0.25, 0.3) is 0 Å². The van der Waals surface area contributed by atoms with E-state index >= 15 is 0 Å². The number of hydrogen-bond donors (Lipinski definition) is 0. The molecule has 1 heterocycles. The molecule has 0 atom stereocenters. The van der Waals surface area contributed by atoms with E-state index in [9.17, 15) is 0 Å². The number of nitrogens with zero attached hydrogens (tertiary/aromatic N) is 2. The lowest BCUT2D eigenvalue weighted by atomic mass is 10.6. The fourth-order valence-electron chi connectivity index (χ4n) is 0.498. The smallest absolute Gasteiger partial charge is 0.110 e. The molecule has 0 saturated heterocycles. The van der Waals surface area contributed by atoms with E-state index in [2.05, 4.69) is 4.99 Å². The van der Waals surface area contributed by atoms with E-state index in [1.807, 2.05) is 17.2 Å². The van der Waals surface area contributed by atoms with E-state index in [4.69, 9.17) is 11.6 Å². The highest BCUT2D eigenvalue weighted by Crippen LogP contribution is 1.95. The average Bonchev–Trinajstić information content (AvgIpc) is 1.90. The second-order valence-corrected chi connectivity index (χ2v) is 1.76. The predicted octanol–water partition coefficient (Wildman–Crippen LogP) is 1.04. The molecule has 0 aliphatic carbocycles. The first kappa shape index (κ1) is 5.63. The average molecular weight is 131 g/mol. The van der Waals surface area contributed by atoms with Gasteiger partial charge in [0.2, 0.25) is 0 Å². The molecule has 0 aromatic rings. The zero-order valence-electron chi connectivity index (χ0n) is 4.42. The van der Waals surface area contributed by atoms with Crippen molar-refractivity contribution < 1.29 is 0 Å². The van der Waals surface area contributed by atoms with Gasteiger partial charge >= 0.3 is 0 Å². The van der Waals surface area contributed by atoms with Crippen LogP contribution in [-0.2, 0) is 0 Å². The number of alkyl halides is 1. The lowest BCUT2D eigenvalue weighted by Crippen LogP contribution is -2.16. The van der Waals surface area contributed by atoms with Crippen molar-refractivity contribution in [3.05, 3.63) is 12.3 Å². The summed E-state index contributed by atoms with van der Waals surface area (Å²) in [5.74, 6) is 0. The summed E-state index contributed by atoms with van der Waals surface area (Å²) < 4.78 is 0. The van der Waals surface area contributed by atoms with Crippen molar-refractivity contribution in [1.29, 1.82) is 0 Å². The Kier molecular flexibility index (Phi) is 1.92. The standard InChI is InChI=1S/C5H7ClN2/c6-4-8-3-1-2-7-5-8/h1-3H,4-5H2. The van der Waals surface area contributed by atoms with E-state index in [1.165, 1.54) is 0 Å². The molecule has 1 aliphatic rings. The molecule has 0 spiro atoms. The molecular weight excluding hydrogens is 124 g/mol. The first-order valence-corrected chi connectivity index (χ1v) is 2.93. The Labute approximate surface area is 53.5 Å². The lowest BCUT2D eigenvalue weighted by Gasteiger charge is -2.14. The van der Waals surface area contributed by atoms with Crippen molar-refractivity contribution in [2.24, 2.45) is 4.99 Å². The van der Waals surface area contributed by atoms with Crippen molar-refractivity contribution in [1.82, 2.24) is 4.90 Å². The molecule has 44 valence electrons. The van der Waals surface area contributed by atoms with Gasteiger partial charge in [-0.15, -0.1) is 11.6 Å². The topological polar surface area (TPSA) is 15.6 Å². The van der Waals surface area contributed by atoms with Crippen LogP contribution in [0, 0.1) is 0 Å². The van der Waals surface area contributed by atoms with Gasteiger partial charge in [0.15, 0.2) is 0 Å². The number of hydrogen-bond acceptors (Lipinski definition) is 2. The van der Waals surface area contributed by atoms with Crippen molar-refractivity contribution in [3.8, 4) is 0 Å². The number of allylic oxidation sites excluding steroid dienone is 1. The van der Waals surface area contributed by atoms with Crippen LogP contribution in [0.15, 0.2) is 17.3 Å². The van der Waals surface area contributed by atoms with E-state index in [0.717, 1.165) is 0 Å². The van der Waals surface area contributed by atoms with Crippen LogP contribution in [0.25, 0.3) is 0 Å². The van der Waals surface area contributed by atoms with Crippen molar-refractivity contribution >= 4 is 17.8 Å². The molecule has 8 heavy (non-hydrogen) atoms. The van der Waals surface area contributed by atoms with Gasteiger partial charge in [-0.25, -0.2) is 0 Å². The summed E-state index contributed by atoms with van der Waals surface area (Å²) in [7, 11) is 0. The van der Waals surface area contributed by atoms with Crippen LogP contribution in [-0.4, -0.2) is 23.8 Å². The van der Waals surface area contributed by atoms with E-state index in [-0.39, 0.29) is 0 Å². The molecule has 0 radical (unpaired) electrons. The van der Waals surface area contributed by atoms with Gasteiger partial charge in [-0.1, -0.05) is 0 Å². The SMILES string of the molecule is ClCN1C=CC=NC1. The molecule has 0 fully saturated rings. The summed E-state index contributed by atoms with van der Waals surface area (Å²) in [6, 6.07) is 0.522. The highest BCUT2D eigenvalue weighted by atomic mass is 35.5. The largest absolute Gasteiger partial charge is 0.345 e. The third-order valence-corrected chi connectivity index (χ3v) is 1.21. The van der Waals surface area contributed by atoms with Gasteiger partial charge in [0, 0.05) is 12.4 Å². The summed E-state index contributed by atoms with van der Waals surface area (Å²) in [5, 5.41) is 0. The molecular formula is C5H7ClN2. The van der Waals surface area contributed by atoms with Gasteiger partial charge in [0.1, 0.15) is 6.67 Å². The molecule has 0 saturated carbocycles. The predicted molar refractivity (Wildman–Crippen MR) is 35.1 cm³/mol. The third-order valence-electron chi connectivity index (χ3n) is 0.905. The van der Waals surface area contributed by atoms with Gasteiger partial charge in [-0.2, -0.15) is 0 Å².